The zero-order valence-electron chi connectivity index (χ0n) is 16.9. The number of carboxylic acid groups (broad SMARTS) is 1. The Morgan fingerprint density at radius 1 is 1.14 bits per heavy atom. The van der Waals surface area contributed by atoms with Gasteiger partial charge < -0.3 is 15.3 Å². The summed E-state index contributed by atoms with van der Waals surface area (Å²) in [6.07, 6.45) is 7.32. The summed E-state index contributed by atoms with van der Waals surface area (Å²) in [7, 11) is 0. The van der Waals surface area contributed by atoms with Crippen molar-refractivity contribution in [2.24, 2.45) is 5.92 Å². The van der Waals surface area contributed by atoms with Crippen LogP contribution in [-0.2, 0) is 17.8 Å². The van der Waals surface area contributed by atoms with Gasteiger partial charge in [-0.3, -0.25) is 9.69 Å². The Hall–Kier alpha value is -1.79. The lowest BCUT2D eigenvalue weighted by Crippen LogP contribution is -2.41. The summed E-state index contributed by atoms with van der Waals surface area (Å²) in [5, 5.41) is 12.3. The molecule has 0 radical (unpaired) electrons. The van der Waals surface area contributed by atoms with Crippen LogP contribution in [0.4, 0.5) is 10.5 Å². The molecule has 2 amide bonds. The highest BCUT2D eigenvalue weighted by molar-refractivity contribution is 5.94. The van der Waals surface area contributed by atoms with Gasteiger partial charge in [0.05, 0.1) is 0 Å². The lowest BCUT2D eigenvalue weighted by Gasteiger charge is -2.34. The molecule has 0 atom stereocenters. The van der Waals surface area contributed by atoms with Gasteiger partial charge in [0.1, 0.15) is 0 Å². The van der Waals surface area contributed by atoms with Crippen LogP contribution in [0.2, 0.25) is 0 Å². The van der Waals surface area contributed by atoms with Gasteiger partial charge in [0.15, 0.2) is 0 Å². The van der Waals surface area contributed by atoms with Crippen LogP contribution in [0.5, 0.6) is 0 Å². The van der Waals surface area contributed by atoms with Crippen LogP contribution in [-0.4, -0.2) is 47.7 Å². The van der Waals surface area contributed by atoms with Gasteiger partial charge in [0, 0.05) is 37.8 Å². The number of carboxylic acids is 1. The number of carbonyl (C=O) groups is 2. The zero-order valence-corrected chi connectivity index (χ0v) is 17.8. The first kappa shape index (κ1) is 21.9. The summed E-state index contributed by atoms with van der Waals surface area (Å²) in [6, 6.07) is 6.93. The Morgan fingerprint density at radius 2 is 1.93 bits per heavy atom. The van der Waals surface area contributed by atoms with Gasteiger partial charge in [-0.15, -0.1) is 12.4 Å². The number of aliphatic carboxylic acids is 1. The number of carbonyl (C=O) groups excluding carboxylic acids is 1. The fourth-order valence-corrected chi connectivity index (χ4v) is 5.02. The predicted molar refractivity (Wildman–Crippen MR) is 116 cm³/mol. The largest absolute Gasteiger partial charge is 0.481 e. The van der Waals surface area contributed by atoms with Crippen LogP contribution in [0.3, 0.4) is 0 Å². The molecule has 1 aliphatic carbocycles. The molecule has 29 heavy (non-hydrogen) atoms. The van der Waals surface area contributed by atoms with E-state index in [0.717, 1.165) is 76.8 Å². The first-order valence-corrected chi connectivity index (χ1v) is 10.7. The summed E-state index contributed by atoms with van der Waals surface area (Å²) in [5.74, 6) is -0.205. The van der Waals surface area contributed by atoms with E-state index in [4.69, 9.17) is 5.11 Å². The molecule has 0 unspecified atom stereocenters. The average molecular weight is 422 g/mol. The van der Waals surface area contributed by atoms with E-state index in [1.54, 1.807) is 0 Å². The molecule has 0 spiro atoms. The highest BCUT2D eigenvalue weighted by atomic mass is 35.5. The lowest BCUT2D eigenvalue weighted by molar-refractivity contribution is -0.137. The van der Waals surface area contributed by atoms with E-state index in [0.29, 0.717) is 12.0 Å². The molecule has 1 aromatic rings. The second-order valence-corrected chi connectivity index (χ2v) is 8.47. The fourth-order valence-electron chi connectivity index (χ4n) is 5.02. The smallest absolute Gasteiger partial charge is 0.324 e. The van der Waals surface area contributed by atoms with Crippen molar-refractivity contribution in [3.63, 3.8) is 0 Å². The normalized spacial score (nSPS) is 24.6. The number of fused-ring (bicyclic) bond motifs is 1. The van der Waals surface area contributed by atoms with Gasteiger partial charge in [-0.05, 0) is 80.7 Å². The summed E-state index contributed by atoms with van der Waals surface area (Å²) in [4.78, 5) is 27.9. The number of benzene rings is 1. The third-order valence-electron chi connectivity index (χ3n) is 6.68. The molecule has 1 saturated carbocycles. The molecule has 160 valence electrons. The molecule has 0 bridgehead atoms. The van der Waals surface area contributed by atoms with E-state index >= 15 is 0 Å². The van der Waals surface area contributed by atoms with Crippen molar-refractivity contribution < 1.29 is 14.7 Å². The number of nitrogens with zero attached hydrogens (tertiary/aromatic N) is 2. The minimum atomic E-state index is -0.705. The first-order chi connectivity index (χ1) is 13.6. The minimum absolute atomic E-state index is 0. The molecular formula is C22H32ClN3O3. The van der Waals surface area contributed by atoms with Crippen molar-refractivity contribution in [3.8, 4) is 0 Å². The summed E-state index contributed by atoms with van der Waals surface area (Å²) in [5.41, 5.74) is 3.75. The Morgan fingerprint density at radius 3 is 2.69 bits per heavy atom. The van der Waals surface area contributed by atoms with Crippen LogP contribution in [0.1, 0.15) is 56.1 Å². The maximum Gasteiger partial charge on any atom is 0.324 e. The minimum Gasteiger partial charge on any atom is -0.481 e. The number of hydrogen-bond donors (Lipinski definition) is 2. The number of urea groups is 1. The van der Waals surface area contributed by atoms with Crippen LogP contribution < -0.4 is 10.2 Å². The van der Waals surface area contributed by atoms with E-state index in [1.165, 1.54) is 11.1 Å². The third-order valence-corrected chi connectivity index (χ3v) is 6.68. The molecule has 7 heteroatoms. The number of rotatable bonds is 5. The topological polar surface area (TPSA) is 72.9 Å². The van der Waals surface area contributed by atoms with E-state index in [9.17, 15) is 9.59 Å². The van der Waals surface area contributed by atoms with Crippen LogP contribution in [0, 0.1) is 5.92 Å². The molecule has 1 saturated heterocycles. The van der Waals surface area contributed by atoms with Gasteiger partial charge in [-0.1, -0.05) is 6.07 Å². The second kappa shape index (κ2) is 9.81. The Labute approximate surface area is 179 Å². The first-order valence-electron chi connectivity index (χ1n) is 10.7. The van der Waals surface area contributed by atoms with Crippen molar-refractivity contribution in [2.75, 3.05) is 24.5 Å². The monoisotopic (exact) mass is 421 g/mol. The van der Waals surface area contributed by atoms with Gasteiger partial charge in [-0.2, -0.15) is 0 Å². The van der Waals surface area contributed by atoms with Crippen LogP contribution in [0.25, 0.3) is 0 Å². The van der Waals surface area contributed by atoms with Gasteiger partial charge >= 0.3 is 12.0 Å². The molecule has 3 aliphatic rings. The van der Waals surface area contributed by atoms with Gasteiger partial charge in [0.25, 0.3) is 0 Å². The number of amides is 2. The van der Waals surface area contributed by atoms with Crippen LogP contribution >= 0.6 is 12.4 Å². The Balaban J connectivity index is 0.00000240. The predicted octanol–water partition coefficient (Wildman–Crippen LogP) is 3.81. The van der Waals surface area contributed by atoms with E-state index in [-0.39, 0.29) is 24.9 Å². The number of halogens is 1. The molecule has 2 heterocycles. The summed E-state index contributed by atoms with van der Waals surface area (Å²) in [6.45, 7) is 3.52. The van der Waals surface area contributed by atoms with Crippen molar-refractivity contribution >= 4 is 30.1 Å². The van der Waals surface area contributed by atoms with Crippen LogP contribution in [0.15, 0.2) is 18.2 Å². The summed E-state index contributed by atoms with van der Waals surface area (Å²) < 4.78 is 0. The van der Waals surface area contributed by atoms with E-state index in [2.05, 4.69) is 28.4 Å². The van der Waals surface area contributed by atoms with Crippen molar-refractivity contribution in [3.05, 3.63) is 29.3 Å². The fraction of sp³-hybridized carbons (Fsp3) is 0.636. The number of aryl methyl sites for hydroxylation is 1. The highest BCUT2D eigenvalue weighted by Crippen LogP contribution is 2.33. The highest BCUT2D eigenvalue weighted by Gasteiger charge is 2.36. The maximum atomic E-state index is 13.1. The van der Waals surface area contributed by atoms with Crippen molar-refractivity contribution in [1.82, 2.24) is 10.2 Å². The molecule has 4 rings (SSSR count). The number of anilines is 1. The number of hydrogen-bond acceptors (Lipinski definition) is 3. The molecule has 2 aliphatic heterocycles. The Kier molecular flexibility index (Phi) is 7.41. The molecule has 0 aromatic heterocycles. The van der Waals surface area contributed by atoms with Gasteiger partial charge in [0.2, 0.25) is 0 Å². The van der Waals surface area contributed by atoms with Gasteiger partial charge in [-0.25, -0.2) is 4.79 Å². The van der Waals surface area contributed by atoms with Crippen molar-refractivity contribution in [2.45, 2.75) is 64.0 Å². The van der Waals surface area contributed by atoms with E-state index in [1.807, 2.05) is 4.90 Å². The SMILES string of the molecule is Cl.O=C(O)CCC1CCC(N2CCN(c3ccc4c(c3)CCCNC4)C2=O)CC1. The van der Waals surface area contributed by atoms with Crippen molar-refractivity contribution in [1.29, 1.82) is 0 Å². The summed E-state index contributed by atoms with van der Waals surface area (Å²) >= 11 is 0. The molecule has 2 fully saturated rings. The molecule has 2 N–H and O–H groups in total. The molecule has 6 nitrogen and oxygen atoms in total. The standard InChI is InChI=1S/C22H31N3O3.ClH/c26-21(27)10-5-16-3-7-19(8-4-16)24-12-13-25(22(24)28)20-9-6-18-15-23-11-1-2-17(18)14-20;/h6,9,14,16,19,23H,1-5,7-8,10-13,15H2,(H,26,27);1H. The zero-order chi connectivity index (χ0) is 19.5. The number of nitrogens with one attached hydrogen (secondary N) is 1. The van der Waals surface area contributed by atoms with E-state index < -0.39 is 5.97 Å². The Bertz CT molecular complexity index is 734. The average Bonchev–Trinajstić information content (AvgIpc) is 2.93. The lowest BCUT2D eigenvalue weighted by atomic mass is 9.83. The second-order valence-electron chi connectivity index (χ2n) is 8.47. The maximum absolute atomic E-state index is 13.1. The quantitative estimate of drug-likeness (QED) is 0.758. The third kappa shape index (κ3) is 5.04. The molecular weight excluding hydrogens is 390 g/mol. The molecule has 1 aromatic carbocycles.